The molecule has 3 aromatic carbocycles. The van der Waals surface area contributed by atoms with Crippen molar-refractivity contribution < 1.29 is 9.47 Å². The molecule has 0 saturated carbocycles. The van der Waals surface area contributed by atoms with E-state index in [0.717, 1.165) is 59.8 Å². The third-order valence-electron chi connectivity index (χ3n) is 7.43. The molecule has 0 aromatic heterocycles. The van der Waals surface area contributed by atoms with Crippen molar-refractivity contribution in [3.8, 4) is 11.5 Å². The molecule has 0 aliphatic rings. The molecule has 0 spiro atoms. The first kappa shape index (κ1) is 33.0. The fourth-order valence-corrected chi connectivity index (χ4v) is 6.88. The fourth-order valence-electron chi connectivity index (χ4n) is 5.01. The summed E-state index contributed by atoms with van der Waals surface area (Å²) >= 11 is 4.14. The van der Waals surface area contributed by atoms with Crippen LogP contribution in [0.15, 0.2) is 42.5 Å². The van der Waals surface area contributed by atoms with Gasteiger partial charge < -0.3 is 9.47 Å². The van der Waals surface area contributed by atoms with Crippen LogP contribution >= 0.6 is 23.5 Å². The second kappa shape index (κ2) is 18.1. The molecule has 40 heavy (non-hydrogen) atoms. The van der Waals surface area contributed by atoms with Crippen LogP contribution in [0.25, 0.3) is 21.5 Å². The summed E-state index contributed by atoms with van der Waals surface area (Å²) in [5, 5.41) is 4.66. The zero-order valence-electron chi connectivity index (χ0n) is 26.0. The van der Waals surface area contributed by atoms with Gasteiger partial charge in [0.25, 0.3) is 0 Å². The fraction of sp³-hybridized carbons (Fsp3) is 0.611. The van der Waals surface area contributed by atoms with Crippen LogP contribution in [0.5, 0.6) is 11.5 Å². The Morgan fingerprint density at radius 3 is 1.52 bits per heavy atom. The zero-order chi connectivity index (χ0) is 28.6. The molecule has 0 N–H and O–H groups in total. The maximum atomic E-state index is 6.63. The summed E-state index contributed by atoms with van der Waals surface area (Å²) < 4.78 is 13.2. The van der Waals surface area contributed by atoms with Gasteiger partial charge in [-0.3, -0.25) is 0 Å². The number of fused-ring (bicyclic) bond motifs is 2. The lowest BCUT2D eigenvalue weighted by Crippen LogP contribution is -2.11. The van der Waals surface area contributed by atoms with E-state index >= 15 is 0 Å². The lowest BCUT2D eigenvalue weighted by Gasteiger charge is -2.22. The van der Waals surface area contributed by atoms with E-state index in [0.29, 0.717) is 0 Å². The van der Waals surface area contributed by atoms with Crippen LogP contribution in [0, 0.1) is 0 Å². The molecule has 0 saturated heterocycles. The van der Waals surface area contributed by atoms with Crippen LogP contribution in [-0.2, 0) is 5.41 Å². The smallest absolute Gasteiger partial charge is 0.135 e. The third kappa shape index (κ3) is 10.4. The highest BCUT2D eigenvalue weighted by Gasteiger charge is 2.20. The summed E-state index contributed by atoms with van der Waals surface area (Å²) in [6.07, 6.45) is 12.9. The van der Waals surface area contributed by atoms with Crippen molar-refractivity contribution in [2.45, 2.75) is 104 Å². The Morgan fingerprint density at radius 2 is 1.02 bits per heavy atom. The molecule has 2 nitrogen and oxygen atoms in total. The Hall–Kier alpha value is -1.52. The quantitative estimate of drug-likeness (QED) is 0.0973. The third-order valence-corrected chi connectivity index (χ3v) is 9.74. The number of benzene rings is 3. The predicted octanol–water partition coefficient (Wildman–Crippen LogP) is 11.5. The molecule has 0 amide bonds. The first-order chi connectivity index (χ1) is 19.5. The van der Waals surface area contributed by atoms with Crippen LogP contribution in [-0.4, -0.2) is 36.2 Å². The Kier molecular flexibility index (Phi) is 14.9. The van der Waals surface area contributed by atoms with Gasteiger partial charge in [-0.2, -0.15) is 23.5 Å². The summed E-state index contributed by atoms with van der Waals surface area (Å²) in [5.74, 6) is 6.88. The number of thioether (sulfide) groups is 2. The van der Waals surface area contributed by atoms with Crippen LogP contribution in [0.2, 0.25) is 0 Å². The van der Waals surface area contributed by atoms with Gasteiger partial charge in [0, 0.05) is 21.5 Å². The van der Waals surface area contributed by atoms with Crippen molar-refractivity contribution in [1.82, 2.24) is 0 Å². The SMILES string of the molecule is CCCCCCSCCCOc1c2ccccc2c(OCCCSCCCCCC)c2cc(C(C)(C)C)ccc12. The Balaban J connectivity index is 1.74. The largest absolute Gasteiger partial charge is 0.492 e. The number of unbranched alkanes of at least 4 members (excludes halogenated alkanes) is 6. The van der Waals surface area contributed by atoms with Gasteiger partial charge in [-0.15, -0.1) is 0 Å². The Morgan fingerprint density at radius 1 is 0.550 bits per heavy atom. The van der Waals surface area contributed by atoms with E-state index < -0.39 is 0 Å². The maximum absolute atomic E-state index is 6.63. The Bertz CT molecular complexity index is 1140. The second-order valence-corrected chi connectivity index (χ2v) is 14.4. The second-order valence-electron chi connectivity index (χ2n) is 12.0. The van der Waals surface area contributed by atoms with E-state index in [1.54, 1.807) is 0 Å². The van der Waals surface area contributed by atoms with Crippen molar-refractivity contribution in [2.24, 2.45) is 0 Å². The lowest BCUT2D eigenvalue weighted by molar-refractivity contribution is 0.320. The van der Waals surface area contributed by atoms with Gasteiger partial charge in [0.05, 0.1) is 13.2 Å². The van der Waals surface area contributed by atoms with Crippen molar-refractivity contribution >= 4 is 45.1 Å². The molecular formula is C36H54O2S2. The van der Waals surface area contributed by atoms with Gasteiger partial charge in [-0.25, -0.2) is 0 Å². The van der Waals surface area contributed by atoms with Gasteiger partial charge in [-0.05, 0) is 65.7 Å². The highest BCUT2D eigenvalue weighted by atomic mass is 32.2. The molecule has 0 heterocycles. The van der Waals surface area contributed by atoms with Crippen molar-refractivity contribution in [3.63, 3.8) is 0 Å². The molecule has 0 aliphatic heterocycles. The molecule has 4 heteroatoms. The summed E-state index contributed by atoms with van der Waals surface area (Å²) in [4.78, 5) is 0. The van der Waals surface area contributed by atoms with E-state index in [4.69, 9.17) is 9.47 Å². The van der Waals surface area contributed by atoms with Gasteiger partial charge in [0.15, 0.2) is 0 Å². The average molecular weight is 583 g/mol. The van der Waals surface area contributed by atoms with Gasteiger partial charge in [0.2, 0.25) is 0 Å². The monoisotopic (exact) mass is 582 g/mol. The van der Waals surface area contributed by atoms with Crippen LogP contribution < -0.4 is 9.47 Å². The van der Waals surface area contributed by atoms with Crippen LogP contribution in [0.1, 0.15) is 104 Å². The van der Waals surface area contributed by atoms with E-state index in [-0.39, 0.29) is 5.41 Å². The molecule has 3 rings (SSSR count). The summed E-state index contributed by atoms with van der Waals surface area (Å²) in [6.45, 7) is 12.9. The molecule has 3 aromatic rings. The van der Waals surface area contributed by atoms with Crippen LogP contribution in [0.3, 0.4) is 0 Å². The number of rotatable bonds is 20. The normalized spacial score (nSPS) is 11.9. The highest BCUT2D eigenvalue weighted by Crippen LogP contribution is 2.44. The predicted molar refractivity (Wildman–Crippen MR) is 183 cm³/mol. The standard InChI is InChI=1S/C36H54O2S2/c1-6-8-10-14-24-39-26-16-22-37-34-30-18-12-13-19-31(30)35(38-23-17-27-40-25-15-11-9-7-2)33-28-29(36(3,4)5)20-21-32(33)34/h12-13,18-21,28H,6-11,14-17,22-27H2,1-5H3. The molecular weight excluding hydrogens is 529 g/mol. The molecule has 0 radical (unpaired) electrons. The maximum Gasteiger partial charge on any atom is 0.135 e. The minimum Gasteiger partial charge on any atom is -0.492 e. The van der Waals surface area contributed by atoms with Gasteiger partial charge >= 0.3 is 0 Å². The van der Waals surface area contributed by atoms with Crippen LogP contribution in [0.4, 0.5) is 0 Å². The molecule has 0 aliphatic carbocycles. The Labute approximate surface area is 253 Å². The minimum absolute atomic E-state index is 0.0703. The highest BCUT2D eigenvalue weighted by molar-refractivity contribution is 7.99. The van der Waals surface area contributed by atoms with Gasteiger partial charge in [-0.1, -0.05) is 110 Å². The first-order valence-electron chi connectivity index (χ1n) is 15.9. The zero-order valence-corrected chi connectivity index (χ0v) is 27.6. The molecule has 222 valence electrons. The first-order valence-corrected chi connectivity index (χ1v) is 18.2. The average Bonchev–Trinajstić information content (AvgIpc) is 2.95. The molecule has 0 unspecified atom stereocenters. The van der Waals surface area contributed by atoms with Gasteiger partial charge in [0.1, 0.15) is 11.5 Å². The summed E-state index contributed by atoms with van der Waals surface area (Å²) in [7, 11) is 0. The van der Waals surface area contributed by atoms with E-state index in [1.807, 2.05) is 0 Å². The summed E-state index contributed by atoms with van der Waals surface area (Å²) in [6, 6.07) is 15.5. The lowest BCUT2D eigenvalue weighted by atomic mass is 9.85. The topological polar surface area (TPSA) is 18.5 Å². The van der Waals surface area contributed by atoms with Crippen molar-refractivity contribution in [2.75, 3.05) is 36.2 Å². The van der Waals surface area contributed by atoms with Crippen molar-refractivity contribution in [1.29, 1.82) is 0 Å². The number of hydrogen-bond donors (Lipinski definition) is 0. The number of hydrogen-bond acceptors (Lipinski definition) is 4. The van der Waals surface area contributed by atoms with Crippen molar-refractivity contribution in [3.05, 3.63) is 48.0 Å². The van der Waals surface area contributed by atoms with E-state index in [2.05, 4.69) is 101 Å². The molecule has 0 bridgehead atoms. The minimum atomic E-state index is 0.0703. The van der Waals surface area contributed by atoms with E-state index in [9.17, 15) is 0 Å². The van der Waals surface area contributed by atoms with E-state index in [1.165, 1.54) is 79.2 Å². The molecule has 0 atom stereocenters. The summed E-state index contributed by atoms with van der Waals surface area (Å²) in [5.41, 5.74) is 1.40. The molecule has 0 fully saturated rings. The number of ether oxygens (including phenoxy) is 2.